The molecular weight excluding hydrogens is 300 g/mol. The number of benzene rings is 1. The second-order valence-corrected chi connectivity index (χ2v) is 5.23. The van der Waals surface area contributed by atoms with E-state index < -0.39 is 0 Å². The Balaban J connectivity index is 2.05. The van der Waals surface area contributed by atoms with Crippen LogP contribution in [0.1, 0.15) is 5.56 Å². The first kappa shape index (κ1) is 14.4. The van der Waals surface area contributed by atoms with E-state index in [-0.39, 0.29) is 0 Å². The van der Waals surface area contributed by atoms with Crippen molar-refractivity contribution in [1.82, 2.24) is 0 Å². The molecule has 0 atom stereocenters. The van der Waals surface area contributed by atoms with Gasteiger partial charge in [0.2, 0.25) is 0 Å². The molecule has 0 fully saturated rings. The Bertz CT molecular complexity index is 649. The molecule has 3 N–H and O–H groups in total. The van der Waals surface area contributed by atoms with E-state index in [1.807, 2.05) is 6.07 Å². The van der Waals surface area contributed by atoms with Crippen molar-refractivity contribution in [3.05, 3.63) is 35.9 Å². The predicted octanol–water partition coefficient (Wildman–Crippen LogP) is 4.05. The molecule has 7 nitrogen and oxygen atoms in total. The number of nitrogen functional groups attached to an aromatic ring is 1. The third kappa shape index (κ3) is 3.77. The third-order valence-electron chi connectivity index (χ3n) is 2.13. The lowest BCUT2D eigenvalue weighted by molar-refractivity contribution is -0.432. The Morgan fingerprint density at radius 1 is 1.30 bits per heavy atom. The predicted molar refractivity (Wildman–Crippen MR) is 74.7 cm³/mol. The van der Waals surface area contributed by atoms with Crippen LogP contribution in [0.25, 0.3) is 0 Å². The number of nitrogens with two attached hydrogens (primary N) is 1. The van der Waals surface area contributed by atoms with Crippen molar-refractivity contribution in [2.45, 2.75) is 4.90 Å². The van der Waals surface area contributed by atoms with Crippen molar-refractivity contribution < 1.29 is 14.6 Å². The standard InChI is InChI=1S/C11H8N4O3S2/c12-6-7-5-10(19-11(7)13)15-14-8-1-3-9(4-2-8)20-18-17-16/h1-5,16H,13H2. The fourth-order valence-electron chi connectivity index (χ4n) is 1.26. The van der Waals surface area contributed by atoms with Gasteiger partial charge in [0.15, 0.2) is 0 Å². The molecule has 0 aliphatic rings. The largest absolute Gasteiger partial charge is 0.389 e. The Labute approximate surface area is 122 Å². The number of rotatable bonds is 5. The summed E-state index contributed by atoms with van der Waals surface area (Å²) in [6.45, 7) is 0. The maximum absolute atomic E-state index is 8.78. The summed E-state index contributed by atoms with van der Waals surface area (Å²) in [6.07, 6.45) is 0. The molecule has 0 radical (unpaired) electrons. The summed E-state index contributed by atoms with van der Waals surface area (Å²) >= 11 is 2.06. The molecule has 0 aliphatic heterocycles. The van der Waals surface area contributed by atoms with Gasteiger partial charge in [-0.05, 0) is 30.3 Å². The summed E-state index contributed by atoms with van der Waals surface area (Å²) in [5.74, 6) is 0. The number of hydrogen-bond acceptors (Lipinski definition) is 9. The molecule has 2 aromatic rings. The van der Waals surface area contributed by atoms with Crippen LogP contribution in [0.5, 0.6) is 0 Å². The second-order valence-electron chi connectivity index (χ2n) is 3.39. The Kier molecular flexibility index (Phi) is 5.05. The van der Waals surface area contributed by atoms with Crippen LogP contribution in [-0.2, 0) is 9.37 Å². The Morgan fingerprint density at radius 3 is 2.65 bits per heavy atom. The van der Waals surface area contributed by atoms with Crippen LogP contribution < -0.4 is 5.73 Å². The van der Waals surface area contributed by atoms with Crippen LogP contribution in [0, 0.1) is 11.3 Å². The maximum Gasteiger partial charge on any atom is 0.142 e. The second kappa shape index (κ2) is 6.99. The fraction of sp³-hybridized carbons (Fsp3) is 0. The number of thiophene rings is 1. The van der Waals surface area contributed by atoms with Crippen molar-refractivity contribution in [2.75, 3.05) is 5.73 Å². The van der Waals surface area contributed by atoms with Crippen LogP contribution >= 0.6 is 23.4 Å². The van der Waals surface area contributed by atoms with Crippen LogP contribution in [0.2, 0.25) is 0 Å². The van der Waals surface area contributed by atoms with E-state index in [0.29, 0.717) is 21.3 Å². The summed E-state index contributed by atoms with van der Waals surface area (Å²) < 4.78 is 4.29. The SMILES string of the molecule is N#Cc1cc(N=Nc2ccc(SOOO)cc2)sc1N. The monoisotopic (exact) mass is 308 g/mol. The van der Waals surface area contributed by atoms with Crippen molar-refractivity contribution in [3.63, 3.8) is 0 Å². The van der Waals surface area contributed by atoms with E-state index in [2.05, 4.69) is 19.6 Å². The van der Waals surface area contributed by atoms with E-state index in [9.17, 15) is 0 Å². The van der Waals surface area contributed by atoms with Gasteiger partial charge in [-0.3, -0.25) is 0 Å². The topological polar surface area (TPSA) is 113 Å². The van der Waals surface area contributed by atoms with E-state index in [1.54, 1.807) is 30.3 Å². The van der Waals surface area contributed by atoms with Gasteiger partial charge in [0.1, 0.15) is 16.1 Å². The van der Waals surface area contributed by atoms with E-state index in [4.69, 9.17) is 16.3 Å². The average Bonchev–Trinajstić information content (AvgIpc) is 2.84. The molecular formula is C11H8N4O3S2. The number of anilines is 1. The number of hydrogen-bond donors (Lipinski definition) is 2. The van der Waals surface area contributed by atoms with Crippen molar-refractivity contribution >= 4 is 39.1 Å². The molecule has 1 aromatic carbocycles. The number of azo groups is 1. The smallest absolute Gasteiger partial charge is 0.142 e. The van der Waals surface area contributed by atoms with E-state index in [0.717, 1.165) is 16.9 Å². The molecule has 0 amide bonds. The van der Waals surface area contributed by atoms with Gasteiger partial charge < -0.3 is 5.73 Å². The third-order valence-corrected chi connectivity index (χ3v) is 3.57. The maximum atomic E-state index is 8.78. The molecule has 0 aliphatic carbocycles. The molecule has 9 heteroatoms. The molecule has 1 heterocycles. The zero-order valence-electron chi connectivity index (χ0n) is 9.89. The van der Waals surface area contributed by atoms with E-state index in [1.165, 1.54) is 11.3 Å². The Hall–Kier alpha value is -1.96. The highest BCUT2D eigenvalue weighted by Crippen LogP contribution is 2.32. The Morgan fingerprint density at radius 2 is 2.05 bits per heavy atom. The first-order valence-electron chi connectivity index (χ1n) is 5.19. The van der Waals surface area contributed by atoms with Gasteiger partial charge in [-0.25, -0.2) is 5.26 Å². The molecule has 0 saturated heterocycles. The van der Waals surface area contributed by atoms with Crippen molar-refractivity contribution in [2.24, 2.45) is 10.2 Å². The number of nitriles is 1. The fourth-order valence-corrected chi connectivity index (χ4v) is 2.31. The molecule has 2 rings (SSSR count). The lowest BCUT2D eigenvalue weighted by Crippen LogP contribution is -1.80. The lowest BCUT2D eigenvalue weighted by atomic mass is 10.3. The molecule has 102 valence electrons. The lowest BCUT2D eigenvalue weighted by Gasteiger charge is -1.97. The van der Waals surface area contributed by atoms with Gasteiger partial charge in [0.05, 0.1) is 23.3 Å². The van der Waals surface area contributed by atoms with Crippen molar-refractivity contribution in [1.29, 1.82) is 5.26 Å². The molecule has 20 heavy (non-hydrogen) atoms. The minimum atomic E-state index is 0.400. The quantitative estimate of drug-likeness (QED) is 0.373. The van der Waals surface area contributed by atoms with Crippen LogP contribution in [0.15, 0.2) is 45.5 Å². The molecule has 0 spiro atoms. The van der Waals surface area contributed by atoms with Gasteiger partial charge in [-0.15, -0.1) is 14.6 Å². The summed E-state index contributed by atoms with van der Waals surface area (Å²) in [7, 11) is 0. The van der Waals surface area contributed by atoms with Gasteiger partial charge in [0, 0.05) is 4.90 Å². The van der Waals surface area contributed by atoms with Gasteiger partial charge in [-0.2, -0.15) is 5.26 Å². The molecule has 0 unspecified atom stereocenters. The highest BCUT2D eigenvalue weighted by molar-refractivity contribution is 7.94. The zero-order valence-corrected chi connectivity index (χ0v) is 11.5. The summed E-state index contributed by atoms with van der Waals surface area (Å²) in [4.78, 5) is 0.727. The number of nitrogens with zero attached hydrogens (tertiary/aromatic N) is 3. The first-order chi connectivity index (χ1) is 9.72. The highest BCUT2D eigenvalue weighted by atomic mass is 32.2. The first-order valence-corrected chi connectivity index (χ1v) is 6.74. The summed E-state index contributed by atoms with van der Waals surface area (Å²) in [6, 6.07) is 10.4. The normalized spacial score (nSPS) is 10.8. The van der Waals surface area contributed by atoms with Gasteiger partial charge in [0.25, 0.3) is 0 Å². The molecule has 1 aromatic heterocycles. The van der Waals surface area contributed by atoms with Crippen LogP contribution in [0.3, 0.4) is 0 Å². The van der Waals surface area contributed by atoms with Crippen LogP contribution in [0.4, 0.5) is 15.7 Å². The molecule has 0 saturated carbocycles. The van der Waals surface area contributed by atoms with Crippen molar-refractivity contribution in [3.8, 4) is 6.07 Å². The minimum Gasteiger partial charge on any atom is -0.389 e. The highest BCUT2D eigenvalue weighted by Gasteiger charge is 2.04. The zero-order chi connectivity index (χ0) is 14.4. The molecule has 0 bridgehead atoms. The average molecular weight is 308 g/mol. The van der Waals surface area contributed by atoms with Crippen LogP contribution in [-0.4, -0.2) is 5.26 Å². The van der Waals surface area contributed by atoms with E-state index >= 15 is 0 Å². The summed E-state index contributed by atoms with van der Waals surface area (Å²) in [5, 5.41) is 29.3. The van der Waals surface area contributed by atoms with Gasteiger partial charge >= 0.3 is 0 Å². The minimum absolute atomic E-state index is 0.400. The van der Waals surface area contributed by atoms with Gasteiger partial charge in [-0.1, -0.05) is 16.4 Å². The summed E-state index contributed by atoms with van der Waals surface area (Å²) in [5.41, 5.74) is 6.66.